The number of ether oxygens (including phenoxy) is 2. The summed E-state index contributed by atoms with van der Waals surface area (Å²) in [7, 11) is 0. The van der Waals surface area contributed by atoms with E-state index < -0.39 is 5.97 Å². The Hall–Kier alpha value is -1.44. The van der Waals surface area contributed by atoms with Gasteiger partial charge < -0.3 is 9.47 Å². The molecular formula is C15H18BrN3O3. The highest BCUT2D eigenvalue weighted by Gasteiger charge is 2.18. The number of fused-ring (bicyclic) bond motifs is 1. The van der Waals surface area contributed by atoms with Gasteiger partial charge in [-0.2, -0.15) is 0 Å². The van der Waals surface area contributed by atoms with Crippen molar-refractivity contribution in [2.24, 2.45) is 0 Å². The molecule has 1 fully saturated rings. The van der Waals surface area contributed by atoms with Crippen molar-refractivity contribution in [1.29, 1.82) is 0 Å². The van der Waals surface area contributed by atoms with Crippen LogP contribution in [0.4, 0.5) is 0 Å². The van der Waals surface area contributed by atoms with Crippen LogP contribution in [0.25, 0.3) is 5.52 Å². The minimum absolute atomic E-state index is 0.293. The molecule has 3 heterocycles. The molecular weight excluding hydrogens is 350 g/mol. The van der Waals surface area contributed by atoms with Gasteiger partial charge in [0.05, 0.1) is 25.3 Å². The number of pyridine rings is 1. The molecule has 6 nitrogen and oxygen atoms in total. The molecule has 0 bridgehead atoms. The monoisotopic (exact) mass is 367 g/mol. The van der Waals surface area contributed by atoms with Gasteiger partial charge in [-0.05, 0) is 40.5 Å². The van der Waals surface area contributed by atoms with E-state index in [2.05, 4.69) is 31.9 Å². The molecule has 0 atom stereocenters. The Labute approximate surface area is 137 Å². The minimum Gasteiger partial charge on any atom is -0.460 e. The Morgan fingerprint density at radius 1 is 1.45 bits per heavy atom. The Morgan fingerprint density at radius 3 is 2.95 bits per heavy atom. The highest BCUT2D eigenvalue weighted by Crippen LogP contribution is 2.21. The van der Waals surface area contributed by atoms with Crippen molar-refractivity contribution in [1.82, 2.24) is 14.3 Å². The lowest BCUT2D eigenvalue weighted by Crippen LogP contribution is -2.35. The minimum atomic E-state index is -0.413. The van der Waals surface area contributed by atoms with Crippen molar-refractivity contribution in [3.8, 4) is 0 Å². The van der Waals surface area contributed by atoms with Gasteiger partial charge >= 0.3 is 5.97 Å². The van der Waals surface area contributed by atoms with Crippen LogP contribution < -0.4 is 0 Å². The third kappa shape index (κ3) is 3.16. The average Bonchev–Trinajstić information content (AvgIpc) is 2.86. The largest absolute Gasteiger partial charge is 0.460 e. The second kappa shape index (κ2) is 6.76. The molecule has 0 radical (unpaired) electrons. The van der Waals surface area contributed by atoms with Gasteiger partial charge in [0.2, 0.25) is 5.82 Å². The molecule has 0 saturated carbocycles. The quantitative estimate of drug-likeness (QED) is 0.774. The summed E-state index contributed by atoms with van der Waals surface area (Å²) in [6.45, 7) is 6.44. The van der Waals surface area contributed by atoms with Crippen LogP contribution >= 0.6 is 15.9 Å². The van der Waals surface area contributed by atoms with Crippen molar-refractivity contribution < 1.29 is 14.3 Å². The van der Waals surface area contributed by atoms with E-state index in [1.807, 2.05) is 12.3 Å². The topological polar surface area (TPSA) is 56.1 Å². The van der Waals surface area contributed by atoms with Crippen LogP contribution in [0.2, 0.25) is 0 Å². The maximum absolute atomic E-state index is 11.9. The fourth-order valence-corrected chi connectivity index (χ4v) is 3.02. The van der Waals surface area contributed by atoms with Crippen molar-refractivity contribution in [3.63, 3.8) is 0 Å². The highest BCUT2D eigenvalue weighted by molar-refractivity contribution is 9.10. The van der Waals surface area contributed by atoms with Gasteiger partial charge in [-0.15, -0.1) is 0 Å². The fraction of sp³-hybridized carbons (Fsp3) is 0.467. The van der Waals surface area contributed by atoms with Crippen molar-refractivity contribution in [2.75, 3.05) is 32.9 Å². The number of morpholine rings is 1. The van der Waals surface area contributed by atoms with E-state index in [0.717, 1.165) is 38.4 Å². The fourth-order valence-electron chi connectivity index (χ4n) is 2.55. The van der Waals surface area contributed by atoms with Crippen LogP contribution in [0.3, 0.4) is 0 Å². The van der Waals surface area contributed by atoms with Gasteiger partial charge in [0.1, 0.15) is 4.60 Å². The number of nitrogens with zero attached hydrogens (tertiary/aromatic N) is 3. The van der Waals surface area contributed by atoms with Crippen LogP contribution in [0.1, 0.15) is 23.1 Å². The molecule has 3 rings (SSSR count). The number of imidazole rings is 1. The molecule has 1 aliphatic heterocycles. The number of hydrogen-bond acceptors (Lipinski definition) is 5. The first-order valence-corrected chi connectivity index (χ1v) is 8.12. The maximum Gasteiger partial charge on any atom is 0.374 e. The van der Waals surface area contributed by atoms with Gasteiger partial charge in [-0.25, -0.2) is 9.78 Å². The van der Waals surface area contributed by atoms with Crippen LogP contribution in [0, 0.1) is 0 Å². The molecule has 0 aromatic carbocycles. The Balaban J connectivity index is 1.86. The zero-order valence-corrected chi connectivity index (χ0v) is 14.0. The molecule has 0 aliphatic carbocycles. The summed E-state index contributed by atoms with van der Waals surface area (Å²) in [4.78, 5) is 18.5. The second-order valence-corrected chi connectivity index (χ2v) is 5.88. The lowest BCUT2D eigenvalue weighted by atomic mass is 10.2. The zero-order valence-electron chi connectivity index (χ0n) is 12.4. The lowest BCUT2D eigenvalue weighted by molar-refractivity contribution is 0.0342. The molecule has 0 unspecified atom stereocenters. The Bertz CT molecular complexity index is 680. The van der Waals surface area contributed by atoms with Crippen LogP contribution in [-0.2, 0) is 16.0 Å². The van der Waals surface area contributed by atoms with E-state index in [-0.39, 0.29) is 0 Å². The van der Waals surface area contributed by atoms with E-state index in [0.29, 0.717) is 17.0 Å². The number of hydrogen-bond donors (Lipinski definition) is 0. The van der Waals surface area contributed by atoms with Crippen molar-refractivity contribution in [2.45, 2.75) is 13.5 Å². The van der Waals surface area contributed by atoms with Gasteiger partial charge in [0.15, 0.2) is 0 Å². The molecule has 22 heavy (non-hydrogen) atoms. The number of carbonyl (C=O) groups excluding carboxylic acids is 1. The molecule has 7 heteroatoms. The van der Waals surface area contributed by atoms with Crippen LogP contribution in [-0.4, -0.2) is 53.2 Å². The molecule has 1 aliphatic rings. The summed E-state index contributed by atoms with van der Waals surface area (Å²) in [5.41, 5.74) is 2.05. The van der Waals surface area contributed by atoms with Gasteiger partial charge in [-0.1, -0.05) is 0 Å². The first-order valence-electron chi connectivity index (χ1n) is 7.32. The van der Waals surface area contributed by atoms with Crippen LogP contribution in [0.5, 0.6) is 0 Å². The first-order chi connectivity index (χ1) is 10.7. The zero-order chi connectivity index (χ0) is 15.5. The summed E-state index contributed by atoms with van der Waals surface area (Å²) < 4.78 is 12.8. The van der Waals surface area contributed by atoms with E-state index in [4.69, 9.17) is 9.47 Å². The number of carbonyl (C=O) groups is 1. The van der Waals surface area contributed by atoms with E-state index in [1.54, 1.807) is 11.3 Å². The number of halogens is 1. The predicted molar refractivity (Wildman–Crippen MR) is 84.9 cm³/mol. The molecule has 2 aromatic rings. The predicted octanol–water partition coefficient (Wildman–Crippen LogP) is 2.11. The standard InChI is InChI=1S/C15H18BrN3O3/c1-2-22-15(20)14-17-13(16)12-9-11(3-4-19(12)14)10-18-5-7-21-8-6-18/h3-4,9H,2,5-8,10H2,1H3. The number of aromatic nitrogens is 2. The van der Waals surface area contributed by atoms with E-state index >= 15 is 0 Å². The molecule has 0 N–H and O–H groups in total. The second-order valence-electron chi connectivity index (χ2n) is 5.13. The highest BCUT2D eigenvalue weighted by atomic mass is 79.9. The van der Waals surface area contributed by atoms with Crippen LogP contribution in [0.15, 0.2) is 22.9 Å². The number of esters is 1. The smallest absolute Gasteiger partial charge is 0.374 e. The lowest BCUT2D eigenvalue weighted by Gasteiger charge is -2.26. The van der Waals surface area contributed by atoms with Gasteiger partial charge in [0.25, 0.3) is 0 Å². The SMILES string of the molecule is CCOC(=O)c1nc(Br)c2cc(CN3CCOCC3)ccn12. The molecule has 1 saturated heterocycles. The summed E-state index contributed by atoms with van der Waals surface area (Å²) in [5, 5.41) is 0. The van der Waals surface area contributed by atoms with E-state index in [1.165, 1.54) is 5.56 Å². The molecule has 118 valence electrons. The summed E-state index contributed by atoms with van der Waals surface area (Å²) in [6.07, 6.45) is 1.87. The maximum atomic E-state index is 11.9. The Kier molecular flexibility index (Phi) is 4.75. The Morgan fingerprint density at radius 2 is 2.23 bits per heavy atom. The van der Waals surface area contributed by atoms with Gasteiger partial charge in [-0.3, -0.25) is 9.30 Å². The van der Waals surface area contributed by atoms with Crippen molar-refractivity contribution in [3.05, 3.63) is 34.3 Å². The first kappa shape index (κ1) is 15.5. The molecule has 2 aromatic heterocycles. The van der Waals surface area contributed by atoms with E-state index in [9.17, 15) is 4.79 Å². The average molecular weight is 368 g/mol. The summed E-state index contributed by atoms with van der Waals surface area (Å²) in [6, 6.07) is 4.06. The third-order valence-electron chi connectivity index (χ3n) is 3.63. The third-order valence-corrected chi connectivity index (χ3v) is 4.21. The summed E-state index contributed by atoms with van der Waals surface area (Å²) in [5.74, 6) is -0.120. The van der Waals surface area contributed by atoms with Crippen molar-refractivity contribution >= 4 is 27.4 Å². The molecule has 0 amide bonds. The summed E-state index contributed by atoms with van der Waals surface area (Å²) >= 11 is 3.42. The normalized spacial score (nSPS) is 16.1. The number of rotatable bonds is 4. The molecule has 0 spiro atoms. The van der Waals surface area contributed by atoms with Gasteiger partial charge in [0, 0.05) is 25.8 Å².